The maximum atomic E-state index is 11.7. The Labute approximate surface area is 130 Å². The quantitative estimate of drug-likeness (QED) is 0.800. The normalized spacial score (nSPS) is 10.8. The van der Waals surface area contributed by atoms with E-state index in [2.05, 4.69) is 10.6 Å². The predicted molar refractivity (Wildman–Crippen MR) is 84.1 cm³/mol. The summed E-state index contributed by atoms with van der Waals surface area (Å²) in [6.07, 6.45) is 0. The lowest BCUT2D eigenvalue weighted by Gasteiger charge is -2.16. The summed E-state index contributed by atoms with van der Waals surface area (Å²) in [6.45, 7) is 4.59. The monoisotopic (exact) mass is 311 g/mol. The van der Waals surface area contributed by atoms with Crippen molar-refractivity contribution in [2.75, 3.05) is 20.1 Å². The van der Waals surface area contributed by atoms with E-state index in [1.165, 1.54) is 0 Å². The van der Waals surface area contributed by atoms with Crippen LogP contribution in [0.4, 0.5) is 0 Å². The highest BCUT2D eigenvalue weighted by atomic mass is 35.5. The molecule has 0 atom stereocenters. The molecule has 2 N–H and O–H groups in total. The number of nitrogens with zero attached hydrogens (tertiary/aromatic N) is 1. The van der Waals surface area contributed by atoms with Crippen molar-refractivity contribution in [1.82, 2.24) is 15.5 Å². The number of carbonyl (C=O) groups is 2. The van der Waals surface area contributed by atoms with Crippen LogP contribution in [0.3, 0.4) is 0 Å². The van der Waals surface area contributed by atoms with E-state index in [1.54, 1.807) is 0 Å². The summed E-state index contributed by atoms with van der Waals surface area (Å²) < 4.78 is 0. The largest absolute Gasteiger partial charge is 0.352 e. The number of rotatable bonds is 7. The predicted octanol–water partition coefficient (Wildman–Crippen LogP) is 1.41. The molecule has 0 aliphatic rings. The minimum Gasteiger partial charge on any atom is -0.352 e. The summed E-state index contributed by atoms with van der Waals surface area (Å²) in [6, 6.07) is 7.58. The molecule has 1 aromatic rings. The first-order chi connectivity index (χ1) is 9.86. The molecule has 0 aromatic heterocycles. The summed E-state index contributed by atoms with van der Waals surface area (Å²) in [4.78, 5) is 25.0. The molecule has 0 aliphatic carbocycles. The Hall–Kier alpha value is -1.59. The van der Waals surface area contributed by atoms with E-state index in [0.29, 0.717) is 11.6 Å². The van der Waals surface area contributed by atoms with Crippen LogP contribution in [0.25, 0.3) is 0 Å². The molecule has 0 aliphatic heterocycles. The second-order valence-electron chi connectivity index (χ2n) is 5.30. The molecule has 0 saturated carbocycles. The van der Waals surface area contributed by atoms with E-state index in [-0.39, 0.29) is 30.9 Å². The van der Waals surface area contributed by atoms with Crippen molar-refractivity contribution in [3.05, 3.63) is 34.9 Å². The Morgan fingerprint density at radius 3 is 2.62 bits per heavy atom. The molecule has 116 valence electrons. The number of amides is 2. The number of benzene rings is 1. The first-order valence-electron chi connectivity index (χ1n) is 6.86. The first-order valence-corrected chi connectivity index (χ1v) is 7.23. The molecule has 0 spiro atoms. The number of likely N-dealkylation sites (N-methyl/N-ethyl adjacent to an activating group) is 1. The fraction of sp³-hybridized carbons (Fsp3) is 0.467. The smallest absolute Gasteiger partial charge is 0.239 e. The molecule has 2 amide bonds. The van der Waals surface area contributed by atoms with Gasteiger partial charge in [0, 0.05) is 17.6 Å². The third-order valence-electron chi connectivity index (χ3n) is 2.65. The maximum absolute atomic E-state index is 11.7. The summed E-state index contributed by atoms with van der Waals surface area (Å²) in [5.41, 5.74) is 1.04. The SMILES string of the molecule is CC(C)NC(=O)CNC(=O)CN(C)Cc1cccc(Cl)c1. The highest BCUT2D eigenvalue weighted by molar-refractivity contribution is 6.30. The molecule has 1 rings (SSSR count). The molecule has 0 radical (unpaired) electrons. The van der Waals surface area contributed by atoms with Gasteiger partial charge in [0.2, 0.25) is 11.8 Å². The summed E-state index contributed by atoms with van der Waals surface area (Å²) in [7, 11) is 1.84. The van der Waals surface area contributed by atoms with Crippen molar-refractivity contribution >= 4 is 23.4 Å². The second kappa shape index (κ2) is 8.64. The van der Waals surface area contributed by atoms with Crippen molar-refractivity contribution in [1.29, 1.82) is 0 Å². The standard InChI is InChI=1S/C15H22ClN3O2/c1-11(2)18-14(20)8-17-15(21)10-19(3)9-12-5-4-6-13(16)7-12/h4-7,11H,8-10H2,1-3H3,(H,17,21)(H,18,20). The van der Waals surface area contributed by atoms with Gasteiger partial charge in [0.05, 0.1) is 13.1 Å². The van der Waals surface area contributed by atoms with Crippen LogP contribution in [-0.2, 0) is 16.1 Å². The van der Waals surface area contributed by atoms with Gasteiger partial charge in [-0.3, -0.25) is 14.5 Å². The van der Waals surface area contributed by atoms with Gasteiger partial charge < -0.3 is 10.6 Å². The van der Waals surface area contributed by atoms with E-state index >= 15 is 0 Å². The van der Waals surface area contributed by atoms with Crippen molar-refractivity contribution < 1.29 is 9.59 Å². The van der Waals surface area contributed by atoms with Gasteiger partial charge in [-0.1, -0.05) is 23.7 Å². The average Bonchev–Trinajstić information content (AvgIpc) is 2.35. The average molecular weight is 312 g/mol. The Kier molecular flexibility index (Phi) is 7.19. The van der Waals surface area contributed by atoms with Gasteiger partial charge in [-0.05, 0) is 38.6 Å². The highest BCUT2D eigenvalue weighted by Crippen LogP contribution is 2.11. The van der Waals surface area contributed by atoms with Gasteiger partial charge in [0.15, 0.2) is 0 Å². The van der Waals surface area contributed by atoms with Crippen LogP contribution in [0.15, 0.2) is 24.3 Å². The van der Waals surface area contributed by atoms with Crippen LogP contribution >= 0.6 is 11.6 Å². The van der Waals surface area contributed by atoms with Crippen molar-refractivity contribution in [2.24, 2.45) is 0 Å². The molecule has 0 heterocycles. The Morgan fingerprint density at radius 1 is 1.29 bits per heavy atom. The molecule has 0 unspecified atom stereocenters. The fourth-order valence-electron chi connectivity index (χ4n) is 1.86. The van der Waals surface area contributed by atoms with Crippen LogP contribution in [0.2, 0.25) is 5.02 Å². The number of hydrogen-bond acceptors (Lipinski definition) is 3. The van der Waals surface area contributed by atoms with E-state index in [9.17, 15) is 9.59 Å². The number of hydrogen-bond donors (Lipinski definition) is 2. The van der Waals surface area contributed by atoms with Crippen molar-refractivity contribution in [3.63, 3.8) is 0 Å². The molecule has 21 heavy (non-hydrogen) atoms. The molecule has 5 nitrogen and oxygen atoms in total. The van der Waals surface area contributed by atoms with Crippen molar-refractivity contribution in [2.45, 2.75) is 26.4 Å². The van der Waals surface area contributed by atoms with E-state index < -0.39 is 0 Å². The Bertz CT molecular complexity index is 492. The molecule has 6 heteroatoms. The zero-order valence-corrected chi connectivity index (χ0v) is 13.4. The molecule has 1 aromatic carbocycles. The lowest BCUT2D eigenvalue weighted by Crippen LogP contribution is -2.42. The van der Waals surface area contributed by atoms with Crippen LogP contribution in [-0.4, -0.2) is 42.9 Å². The highest BCUT2D eigenvalue weighted by Gasteiger charge is 2.09. The second-order valence-corrected chi connectivity index (χ2v) is 5.74. The minimum atomic E-state index is -0.184. The molecule has 0 fully saturated rings. The van der Waals surface area contributed by atoms with Gasteiger partial charge >= 0.3 is 0 Å². The number of nitrogens with one attached hydrogen (secondary N) is 2. The van der Waals surface area contributed by atoms with E-state index in [4.69, 9.17) is 11.6 Å². The van der Waals surface area contributed by atoms with E-state index in [0.717, 1.165) is 5.56 Å². The first kappa shape index (κ1) is 17.5. The number of halogens is 1. The van der Waals surface area contributed by atoms with Gasteiger partial charge in [-0.2, -0.15) is 0 Å². The van der Waals surface area contributed by atoms with Gasteiger partial charge in [0.1, 0.15) is 0 Å². The van der Waals surface area contributed by atoms with Crippen LogP contribution in [0.1, 0.15) is 19.4 Å². The van der Waals surface area contributed by atoms with Gasteiger partial charge in [0.25, 0.3) is 0 Å². The molecular formula is C15H22ClN3O2. The van der Waals surface area contributed by atoms with Crippen LogP contribution in [0.5, 0.6) is 0 Å². The summed E-state index contributed by atoms with van der Waals surface area (Å²) >= 11 is 5.92. The maximum Gasteiger partial charge on any atom is 0.239 e. The Balaban J connectivity index is 2.32. The zero-order chi connectivity index (χ0) is 15.8. The Morgan fingerprint density at radius 2 is 2.00 bits per heavy atom. The third kappa shape index (κ3) is 7.68. The zero-order valence-electron chi connectivity index (χ0n) is 12.6. The van der Waals surface area contributed by atoms with Gasteiger partial charge in [-0.25, -0.2) is 0 Å². The van der Waals surface area contributed by atoms with Crippen LogP contribution < -0.4 is 10.6 Å². The topological polar surface area (TPSA) is 61.4 Å². The number of carbonyl (C=O) groups excluding carboxylic acids is 2. The lowest BCUT2D eigenvalue weighted by molar-refractivity contribution is -0.126. The molecular weight excluding hydrogens is 290 g/mol. The molecule has 0 bridgehead atoms. The summed E-state index contributed by atoms with van der Waals surface area (Å²) in [5, 5.41) is 5.99. The van der Waals surface area contributed by atoms with Crippen molar-refractivity contribution in [3.8, 4) is 0 Å². The summed E-state index contributed by atoms with van der Waals surface area (Å²) in [5.74, 6) is -0.366. The minimum absolute atomic E-state index is 0.00200. The third-order valence-corrected chi connectivity index (χ3v) is 2.89. The lowest BCUT2D eigenvalue weighted by atomic mass is 10.2. The van der Waals surface area contributed by atoms with Crippen LogP contribution in [0, 0.1) is 0 Å². The van der Waals surface area contributed by atoms with E-state index in [1.807, 2.05) is 50.1 Å². The molecule has 0 saturated heterocycles. The van der Waals surface area contributed by atoms with Gasteiger partial charge in [-0.15, -0.1) is 0 Å². The fourth-order valence-corrected chi connectivity index (χ4v) is 2.07.